The van der Waals surface area contributed by atoms with E-state index in [4.69, 9.17) is 11.6 Å². The van der Waals surface area contributed by atoms with Gasteiger partial charge in [-0.25, -0.2) is 0 Å². The second-order valence-electron chi connectivity index (χ2n) is 2.67. The summed E-state index contributed by atoms with van der Waals surface area (Å²) in [4.78, 5) is 10.1. The molecule has 0 saturated heterocycles. The van der Waals surface area contributed by atoms with E-state index in [-0.39, 0.29) is 5.69 Å². The van der Waals surface area contributed by atoms with Crippen molar-refractivity contribution in [2.75, 3.05) is 0 Å². The van der Waals surface area contributed by atoms with Gasteiger partial charge in [0.2, 0.25) is 0 Å². The quantitative estimate of drug-likeness (QED) is 0.539. The Labute approximate surface area is 80.8 Å². The Morgan fingerprint density at radius 3 is 2.62 bits per heavy atom. The van der Waals surface area contributed by atoms with E-state index in [2.05, 4.69) is 6.58 Å². The minimum atomic E-state index is -0.462. The lowest BCUT2D eigenvalue weighted by Gasteiger charge is -2.03. The van der Waals surface area contributed by atoms with Gasteiger partial charge in [0.05, 0.1) is 15.5 Å². The van der Waals surface area contributed by atoms with E-state index in [1.165, 1.54) is 6.07 Å². The van der Waals surface area contributed by atoms with Crippen LogP contribution in [0.3, 0.4) is 0 Å². The van der Waals surface area contributed by atoms with Crippen LogP contribution in [0.2, 0.25) is 5.02 Å². The number of hydrogen-bond donors (Lipinski definition) is 0. The molecule has 13 heavy (non-hydrogen) atoms. The van der Waals surface area contributed by atoms with E-state index in [9.17, 15) is 10.1 Å². The number of rotatable bonds is 2. The van der Waals surface area contributed by atoms with Crippen LogP contribution in [0.15, 0.2) is 24.8 Å². The monoisotopic (exact) mass is 197 g/mol. The van der Waals surface area contributed by atoms with Crippen molar-refractivity contribution in [3.63, 3.8) is 0 Å². The number of nitro groups is 1. The molecular weight excluding hydrogens is 190 g/mol. The molecule has 1 rings (SSSR count). The minimum absolute atomic E-state index is 0.000000000000000222. The van der Waals surface area contributed by atoms with Gasteiger partial charge in [-0.3, -0.25) is 10.1 Å². The molecule has 0 fully saturated rings. The summed E-state index contributed by atoms with van der Waals surface area (Å²) in [5, 5.41) is 10.9. The molecule has 68 valence electrons. The maximum atomic E-state index is 10.6. The van der Waals surface area contributed by atoms with Crippen molar-refractivity contribution in [2.45, 2.75) is 6.92 Å². The van der Waals surface area contributed by atoms with Gasteiger partial charge in [-0.2, -0.15) is 0 Å². The van der Waals surface area contributed by atoms with Crippen molar-refractivity contribution in [2.24, 2.45) is 0 Å². The summed E-state index contributed by atoms with van der Waals surface area (Å²) in [6.45, 7) is 5.33. The summed E-state index contributed by atoms with van der Waals surface area (Å²) in [7, 11) is 0. The van der Waals surface area contributed by atoms with E-state index in [1.54, 1.807) is 19.1 Å². The zero-order chi connectivity index (χ0) is 10.0. The van der Waals surface area contributed by atoms with E-state index in [0.717, 1.165) is 0 Å². The minimum Gasteiger partial charge on any atom is -0.258 e. The zero-order valence-corrected chi connectivity index (χ0v) is 7.84. The summed E-state index contributed by atoms with van der Waals surface area (Å²) in [6, 6.07) is 4.57. The molecule has 1 aromatic carbocycles. The molecule has 3 nitrogen and oxygen atoms in total. The maximum absolute atomic E-state index is 10.6. The SMILES string of the molecule is C=C(C)c1c(Cl)cccc1[N+](=O)[O-]. The molecular formula is C9H8ClNO2. The Balaban J connectivity index is 3.43. The normalized spacial score (nSPS) is 9.69. The van der Waals surface area contributed by atoms with Crippen molar-refractivity contribution in [3.8, 4) is 0 Å². The molecule has 0 N–H and O–H groups in total. The van der Waals surface area contributed by atoms with Gasteiger partial charge in [0.25, 0.3) is 5.69 Å². The van der Waals surface area contributed by atoms with Crippen LogP contribution >= 0.6 is 11.6 Å². The Morgan fingerprint density at radius 2 is 2.23 bits per heavy atom. The van der Waals surface area contributed by atoms with Crippen LogP contribution in [0.25, 0.3) is 5.57 Å². The molecule has 0 bridgehead atoms. The summed E-state index contributed by atoms with van der Waals surface area (Å²) < 4.78 is 0. The standard InChI is InChI=1S/C9H8ClNO2/c1-6(2)9-7(10)4-3-5-8(9)11(12)13/h3-5H,1H2,2H3. The van der Waals surface area contributed by atoms with Crippen LogP contribution in [0, 0.1) is 10.1 Å². The van der Waals surface area contributed by atoms with Gasteiger partial charge < -0.3 is 0 Å². The molecule has 0 amide bonds. The predicted octanol–water partition coefficient (Wildman–Crippen LogP) is 3.28. The number of halogens is 1. The van der Waals surface area contributed by atoms with E-state index in [1.807, 2.05) is 0 Å². The Morgan fingerprint density at radius 1 is 1.62 bits per heavy atom. The van der Waals surface area contributed by atoms with Gasteiger partial charge in [0.15, 0.2) is 0 Å². The molecule has 0 radical (unpaired) electrons. The van der Waals surface area contributed by atoms with E-state index < -0.39 is 4.92 Å². The molecule has 0 atom stereocenters. The van der Waals surface area contributed by atoms with Gasteiger partial charge >= 0.3 is 0 Å². The van der Waals surface area contributed by atoms with E-state index in [0.29, 0.717) is 16.2 Å². The lowest BCUT2D eigenvalue weighted by Crippen LogP contribution is -1.93. The summed E-state index contributed by atoms with van der Waals surface area (Å²) >= 11 is 5.80. The van der Waals surface area contributed by atoms with Crippen molar-refractivity contribution in [1.29, 1.82) is 0 Å². The van der Waals surface area contributed by atoms with Crippen LogP contribution in [0.4, 0.5) is 5.69 Å². The fraction of sp³-hybridized carbons (Fsp3) is 0.111. The number of hydrogen-bond acceptors (Lipinski definition) is 2. The highest BCUT2D eigenvalue weighted by Gasteiger charge is 2.16. The molecule has 0 aliphatic rings. The van der Waals surface area contributed by atoms with E-state index >= 15 is 0 Å². The Kier molecular flexibility index (Phi) is 2.68. The van der Waals surface area contributed by atoms with Crippen molar-refractivity contribution in [3.05, 3.63) is 45.5 Å². The lowest BCUT2D eigenvalue weighted by atomic mass is 10.1. The molecule has 4 heteroatoms. The lowest BCUT2D eigenvalue weighted by molar-refractivity contribution is -0.385. The van der Waals surface area contributed by atoms with Crippen molar-refractivity contribution < 1.29 is 4.92 Å². The Hall–Kier alpha value is -1.35. The number of nitro benzene ring substituents is 1. The molecule has 1 aromatic rings. The highest BCUT2D eigenvalue weighted by atomic mass is 35.5. The third-order valence-corrected chi connectivity index (χ3v) is 1.93. The summed E-state index contributed by atoms with van der Waals surface area (Å²) in [6.07, 6.45) is 0. The third-order valence-electron chi connectivity index (χ3n) is 1.62. The molecule has 0 unspecified atom stereocenters. The first-order valence-corrected chi connectivity index (χ1v) is 4.00. The maximum Gasteiger partial charge on any atom is 0.278 e. The Bertz CT molecular complexity index is 374. The van der Waals surface area contributed by atoms with Gasteiger partial charge in [-0.05, 0) is 18.6 Å². The smallest absolute Gasteiger partial charge is 0.258 e. The summed E-state index contributed by atoms with van der Waals surface area (Å²) in [5.74, 6) is 0. The van der Waals surface area contributed by atoms with Crippen LogP contribution in [-0.2, 0) is 0 Å². The molecule has 0 aliphatic carbocycles. The average molecular weight is 198 g/mol. The number of nitrogens with zero attached hydrogens (tertiary/aromatic N) is 1. The second kappa shape index (κ2) is 3.58. The van der Waals surface area contributed by atoms with Crippen LogP contribution in [0.1, 0.15) is 12.5 Å². The largest absolute Gasteiger partial charge is 0.278 e. The first-order valence-electron chi connectivity index (χ1n) is 3.63. The molecule has 0 aliphatic heterocycles. The molecule has 0 spiro atoms. The topological polar surface area (TPSA) is 43.1 Å². The number of benzene rings is 1. The second-order valence-corrected chi connectivity index (χ2v) is 3.08. The van der Waals surface area contributed by atoms with Gasteiger partial charge in [0.1, 0.15) is 0 Å². The van der Waals surface area contributed by atoms with Crippen LogP contribution < -0.4 is 0 Å². The molecule has 0 saturated carbocycles. The summed E-state index contributed by atoms with van der Waals surface area (Å²) in [5.41, 5.74) is 1.01. The molecule has 0 heterocycles. The fourth-order valence-electron chi connectivity index (χ4n) is 1.09. The van der Waals surface area contributed by atoms with Gasteiger partial charge in [-0.15, -0.1) is 0 Å². The predicted molar refractivity (Wildman–Crippen MR) is 52.8 cm³/mol. The van der Waals surface area contributed by atoms with Crippen molar-refractivity contribution in [1.82, 2.24) is 0 Å². The first-order chi connectivity index (χ1) is 6.04. The molecule has 0 aromatic heterocycles. The highest BCUT2D eigenvalue weighted by molar-refractivity contribution is 6.32. The van der Waals surface area contributed by atoms with Gasteiger partial charge in [-0.1, -0.05) is 24.2 Å². The van der Waals surface area contributed by atoms with Gasteiger partial charge in [0, 0.05) is 6.07 Å². The van der Waals surface area contributed by atoms with Crippen molar-refractivity contribution >= 4 is 22.9 Å². The first kappa shape index (κ1) is 9.74. The average Bonchev–Trinajstić information content (AvgIpc) is 2.02. The van der Waals surface area contributed by atoms with Crippen LogP contribution in [-0.4, -0.2) is 4.92 Å². The van der Waals surface area contributed by atoms with Crippen LogP contribution in [0.5, 0.6) is 0 Å². The number of allylic oxidation sites excluding steroid dienone is 1. The zero-order valence-electron chi connectivity index (χ0n) is 7.08. The highest BCUT2D eigenvalue weighted by Crippen LogP contribution is 2.31. The third kappa shape index (κ3) is 1.87. The fourth-order valence-corrected chi connectivity index (χ4v) is 1.42.